The Morgan fingerprint density at radius 2 is 1.93 bits per heavy atom. The second-order valence-corrected chi connectivity index (χ2v) is 11.1. The maximum atomic E-state index is 13.2. The summed E-state index contributed by atoms with van der Waals surface area (Å²) >= 11 is 0. The molecule has 0 aliphatic carbocycles. The van der Waals surface area contributed by atoms with Crippen LogP contribution in [0.15, 0.2) is 42.5 Å². The molecule has 2 atom stereocenters. The summed E-state index contributed by atoms with van der Waals surface area (Å²) in [6, 6.07) is 12.4. The van der Waals surface area contributed by atoms with Gasteiger partial charge in [-0.3, -0.25) is 19.2 Å². The third-order valence-electron chi connectivity index (χ3n) is 8.02. The van der Waals surface area contributed by atoms with Gasteiger partial charge in [0.25, 0.3) is 5.91 Å². The van der Waals surface area contributed by atoms with Crippen LogP contribution in [-0.4, -0.2) is 90.2 Å². The van der Waals surface area contributed by atoms with Gasteiger partial charge in [0.1, 0.15) is 11.5 Å². The minimum absolute atomic E-state index is 0.0458. The van der Waals surface area contributed by atoms with Crippen molar-refractivity contribution in [3.63, 3.8) is 0 Å². The van der Waals surface area contributed by atoms with Crippen molar-refractivity contribution in [1.82, 2.24) is 20.0 Å². The third kappa shape index (κ3) is 7.05. The molecule has 2 saturated heterocycles. The molecule has 10 nitrogen and oxygen atoms in total. The number of nitrogens with one attached hydrogen (secondary N) is 1. The highest BCUT2D eigenvalue weighted by molar-refractivity contribution is 5.96. The standard InChI is InChI=1S/C31H38N4O6/c1-21-9-10-23-17-27(21)41-24-7-5-6-22(16-24)20-40-26-11-14-35(18-25(26)32-28(36)19-33(2)31(23)39)30(38)12-15-34-13-4-3-8-29(34)37/h5-7,9-10,16-17,25-26H,3-4,8,11-15,18-20H2,1-2H3,(H,32,36)/t25-,26+/m0/s1. The van der Waals surface area contributed by atoms with Gasteiger partial charge in [0.2, 0.25) is 17.7 Å². The van der Waals surface area contributed by atoms with Gasteiger partial charge < -0.3 is 29.5 Å². The number of benzene rings is 2. The predicted molar refractivity (Wildman–Crippen MR) is 151 cm³/mol. The third-order valence-corrected chi connectivity index (χ3v) is 8.02. The molecule has 10 heteroatoms. The monoisotopic (exact) mass is 562 g/mol. The topological polar surface area (TPSA) is 108 Å². The number of piperidine rings is 2. The number of hydrogen-bond donors (Lipinski definition) is 1. The van der Waals surface area contributed by atoms with E-state index in [9.17, 15) is 19.2 Å². The lowest BCUT2D eigenvalue weighted by Gasteiger charge is -2.39. The molecular formula is C31H38N4O6. The predicted octanol–water partition coefficient (Wildman–Crippen LogP) is 2.88. The molecule has 4 bridgehead atoms. The molecule has 2 aromatic rings. The molecule has 0 aromatic heterocycles. The van der Waals surface area contributed by atoms with Crippen LogP contribution >= 0.6 is 0 Å². The van der Waals surface area contributed by atoms with Crippen molar-refractivity contribution in [2.75, 3.05) is 39.8 Å². The van der Waals surface area contributed by atoms with Crippen LogP contribution in [0.3, 0.4) is 0 Å². The highest BCUT2D eigenvalue weighted by atomic mass is 16.5. The van der Waals surface area contributed by atoms with Crippen molar-refractivity contribution in [2.45, 2.75) is 57.8 Å². The van der Waals surface area contributed by atoms with Crippen LogP contribution in [0.4, 0.5) is 0 Å². The van der Waals surface area contributed by atoms with Gasteiger partial charge in [0.15, 0.2) is 0 Å². The SMILES string of the molecule is Cc1ccc2cc1Oc1cccc(c1)CO[C@@H]1CCN(C(=O)CCN3CCCCC3=O)C[C@@H]1NC(=O)CN(C)C2=O. The number of ether oxygens (including phenoxy) is 2. The fourth-order valence-corrected chi connectivity index (χ4v) is 5.61. The molecule has 3 aliphatic heterocycles. The van der Waals surface area contributed by atoms with Crippen LogP contribution in [0.25, 0.3) is 0 Å². The van der Waals surface area contributed by atoms with Crippen LogP contribution in [0.5, 0.6) is 11.5 Å². The van der Waals surface area contributed by atoms with E-state index >= 15 is 0 Å². The van der Waals surface area contributed by atoms with Crippen LogP contribution in [0.2, 0.25) is 0 Å². The van der Waals surface area contributed by atoms with Crippen molar-refractivity contribution < 1.29 is 28.7 Å². The van der Waals surface area contributed by atoms with Gasteiger partial charge in [-0.05, 0) is 61.6 Å². The van der Waals surface area contributed by atoms with Crippen molar-refractivity contribution in [3.8, 4) is 11.5 Å². The fourth-order valence-electron chi connectivity index (χ4n) is 5.61. The number of amides is 4. The lowest BCUT2D eigenvalue weighted by Crippen LogP contribution is -2.58. The van der Waals surface area contributed by atoms with Crippen molar-refractivity contribution in [3.05, 3.63) is 59.2 Å². The first kappa shape index (κ1) is 28.6. The Bertz CT molecular complexity index is 1310. The smallest absolute Gasteiger partial charge is 0.254 e. The van der Waals surface area contributed by atoms with Crippen LogP contribution in [-0.2, 0) is 25.7 Å². The second-order valence-electron chi connectivity index (χ2n) is 11.1. The summed E-state index contributed by atoms with van der Waals surface area (Å²) in [4.78, 5) is 56.5. The van der Waals surface area contributed by atoms with Gasteiger partial charge in [-0.15, -0.1) is 0 Å². The average Bonchev–Trinajstić information content (AvgIpc) is 2.96. The van der Waals surface area contributed by atoms with Gasteiger partial charge in [-0.1, -0.05) is 18.2 Å². The molecule has 3 heterocycles. The maximum absolute atomic E-state index is 13.2. The first-order chi connectivity index (χ1) is 19.8. The maximum Gasteiger partial charge on any atom is 0.254 e. The number of nitrogens with zero attached hydrogens (tertiary/aromatic N) is 3. The summed E-state index contributed by atoms with van der Waals surface area (Å²) in [5.74, 6) is 0.639. The minimum Gasteiger partial charge on any atom is -0.457 e. The quantitative estimate of drug-likeness (QED) is 0.617. The molecule has 2 fully saturated rings. The Labute approximate surface area is 240 Å². The van der Waals surface area contributed by atoms with Gasteiger partial charge in [-0.2, -0.15) is 0 Å². The number of carbonyl (C=O) groups excluding carboxylic acids is 4. The van der Waals surface area contributed by atoms with E-state index in [-0.39, 0.29) is 42.7 Å². The molecule has 3 aliphatic rings. The van der Waals surface area contributed by atoms with E-state index in [1.54, 1.807) is 29.0 Å². The number of carbonyl (C=O) groups is 4. The number of likely N-dealkylation sites (N-methyl/N-ethyl adjacent to an activating group) is 1. The largest absolute Gasteiger partial charge is 0.457 e. The van der Waals surface area contributed by atoms with E-state index in [1.165, 1.54) is 4.90 Å². The van der Waals surface area contributed by atoms with Gasteiger partial charge in [0, 0.05) is 51.6 Å². The molecule has 0 radical (unpaired) electrons. The summed E-state index contributed by atoms with van der Waals surface area (Å²) in [5, 5.41) is 3.03. The number of hydrogen-bond acceptors (Lipinski definition) is 6. The number of rotatable bonds is 3. The van der Waals surface area contributed by atoms with E-state index in [4.69, 9.17) is 9.47 Å². The minimum atomic E-state index is -0.446. The van der Waals surface area contributed by atoms with Crippen molar-refractivity contribution in [1.29, 1.82) is 0 Å². The number of fused-ring (bicyclic) bond motifs is 5. The van der Waals surface area contributed by atoms with Crippen molar-refractivity contribution in [2.24, 2.45) is 0 Å². The Morgan fingerprint density at radius 1 is 1.07 bits per heavy atom. The van der Waals surface area contributed by atoms with E-state index in [0.717, 1.165) is 24.0 Å². The summed E-state index contributed by atoms with van der Waals surface area (Å²) in [7, 11) is 1.58. The Kier molecular flexibility index (Phi) is 8.87. The van der Waals surface area contributed by atoms with Gasteiger partial charge in [0.05, 0.1) is 25.3 Å². The van der Waals surface area contributed by atoms with E-state index in [2.05, 4.69) is 5.32 Å². The molecular weight excluding hydrogens is 524 g/mol. The molecule has 0 spiro atoms. The Hall–Kier alpha value is -3.92. The summed E-state index contributed by atoms with van der Waals surface area (Å²) < 4.78 is 12.4. The molecule has 1 N–H and O–H groups in total. The zero-order chi connectivity index (χ0) is 28.9. The zero-order valence-electron chi connectivity index (χ0n) is 23.8. The van der Waals surface area contributed by atoms with Crippen LogP contribution in [0, 0.1) is 6.92 Å². The van der Waals surface area contributed by atoms with Gasteiger partial charge >= 0.3 is 0 Å². The first-order valence-corrected chi connectivity index (χ1v) is 14.4. The van der Waals surface area contributed by atoms with Crippen LogP contribution in [0.1, 0.15) is 53.6 Å². The van der Waals surface area contributed by atoms with Gasteiger partial charge in [-0.25, -0.2) is 0 Å². The lowest BCUT2D eigenvalue weighted by atomic mass is 10.0. The second kappa shape index (κ2) is 12.7. The van der Waals surface area contributed by atoms with E-state index < -0.39 is 6.04 Å². The molecule has 2 aromatic carbocycles. The summed E-state index contributed by atoms with van der Waals surface area (Å²) in [6.45, 7) is 3.99. The van der Waals surface area contributed by atoms with Crippen molar-refractivity contribution >= 4 is 23.6 Å². The first-order valence-electron chi connectivity index (χ1n) is 14.4. The Morgan fingerprint density at radius 3 is 2.76 bits per heavy atom. The molecule has 0 saturated carbocycles. The Balaban J connectivity index is 1.32. The fraction of sp³-hybridized carbons (Fsp3) is 0.484. The normalized spacial score (nSPS) is 22.1. The highest BCUT2D eigenvalue weighted by Crippen LogP contribution is 2.28. The van der Waals surface area contributed by atoms with Crippen LogP contribution < -0.4 is 10.1 Å². The molecule has 5 rings (SSSR count). The molecule has 0 unspecified atom stereocenters. The number of likely N-dealkylation sites (tertiary alicyclic amines) is 2. The summed E-state index contributed by atoms with van der Waals surface area (Å²) in [6.07, 6.45) is 2.90. The summed E-state index contributed by atoms with van der Waals surface area (Å²) in [5.41, 5.74) is 2.22. The molecule has 41 heavy (non-hydrogen) atoms. The average molecular weight is 563 g/mol. The zero-order valence-corrected chi connectivity index (χ0v) is 23.8. The molecule has 218 valence electrons. The molecule has 4 amide bonds. The lowest BCUT2D eigenvalue weighted by molar-refractivity contribution is -0.139. The van der Waals surface area contributed by atoms with E-state index in [1.807, 2.05) is 37.3 Å². The van der Waals surface area contributed by atoms with E-state index in [0.29, 0.717) is 62.7 Å². The number of aryl methyl sites for hydroxylation is 1. The highest BCUT2D eigenvalue weighted by Gasteiger charge is 2.34.